The second-order valence-electron chi connectivity index (χ2n) is 7.86. The van der Waals surface area contributed by atoms with Gasteiger partial charge >= 0.3 is 5.97 Å². The predicted molar refractivity (Wildman–Crippen MR) is 143 cm³/mol. The number of aromatic nitrogens is 2. The zero-order valence-electron chi connectivity index (χ0n) is 18.8. The topological polar surface area (TPSA) is 96.7 Å². The van der Waals surface area contributed by atoms with Crippen LogP contribution in [0.2, 0.25) is 5.02 Å². The number of hydrogen-bond acceptors (Lipinski definition) is 6. The van der Waals surface area contributed by atoms with Gasteiger partial charge in [0.1, 0.15) is 5.75 Å². The van der Waals surface area contributed by atoms with Crippen LogP contribution in [0.1, 0.15) is 41.4 Å². The molecule has 0 saturated carbocycles. The van der Waals surface area contributed by atoms with E-state index in [-0.39, 0.29) is 13.0 Å². The minimum absolute atomic E-state index is 0. The molecule has 0 bridgehead atoms. The van der Waals surface area contributed by atoms with Gasteiger partial charge in [0.2, 0.25) is 5.95 Å². The van der Waals surface area contributed by atoms with Gasteiger partial charge in [0, 0.05) is 39.2 Å². The number of ether oxygens (including phenoxy) is 1. The van der Waals surface area contributed by atoms with Crippen LogP contribution in [0, 0.1) is 0 Å². The van der Waals surface area contributed by atoms with Gasteiger partial charge in [-0.25, -0.2) is 14.8 Å². The van der Waals surface area contributed by atoms with E-state index in [1.807, 2.05) is 49.4 Å². The van der Waals surface area contributed by atoms with Crippen LogP contribution in [-0.2, 0) is 6.54 Å². The molecule has 0 atom stereocenters. The highest BCUT2D eigenvalue weighted by Gasteiger charge is 2.23. The quantitative estimate of drug-likeness (QED) is 0.308. The lowest BCUT2D eigenvalue weighted by Gasteiger charge is -2.15. The molecule has 1 aliphatic rings. The molecule has 7 nitrogen and oxygen atoms in total. The zero-order valence-corrected chi connectivity index (χ0v) is 19.6. The van der Waals surface area contributed by atoms with Crippen LogP contribution in [0.5, 0.6) is 5.75 Å². The molecule has 0 fully saturated rings. The number of carboxylic acid groups (broad SMARTS) is 1. The lowest BCUT2D eigenvalue weighted by Crippen LogP contribution is -2.08. The fraction of sp³-hybridized carbons (Fsp3) is 0.143. The average molecular weight is 501 g/mol. The summed E-state index contributed by atoms with van der Waals surface area (Å²) in [5.74, 6) is 0.171. The molecule has 5 rings (SSSR count). The van der Waals surface area contributed by atoms with E-state index in [2.05, 4.69) is 10.3 Å². The molecule has 0 unspecified atom stereocenters. The van der Waals surface area contributed by atoms with Crippen LogP contribution in [0.25, 0.3) is 11.3 Å². The van der Waals surface area contributed by atoms with Crippen LogP contribution in [-0.4, -0.2) is 33.4 Å². The Morgan fingerprint density at radius 3 is 2.58 bits per heavy atom. The fourth-order valence-electron chi connectivity index (χ4n) is 3.98. The van der Waals surface area contributed by atoms with Crippen LogP contribution in [0.3, 0.4) is 0 Å². The molecule has 0 spiro atoms. The van der Waals surface area contributed by atoms with E-state index in [0.29, 0.717) is 29.8 Å². The second kappa shape index (κ2) is 10.6. The van der Waals surface area contributed by atoms with Crippen molar-refractivity contribution in [1.29, 1.82) is 0 Å². The molecule has 1 aromatic heterocycles. The second-order valence-corrected chi connectivity index (χ2v) is 8.30. The molecule has 1 aliphatic heterocycles. The minimum Gasteiger partial charge on any atom is -0.493 e. The summed E-state index contributed by atoms with van der Waals surface area (Å²) in [7, 11) is 0. The van der Waals surface area contributed by atoms with Crippen molar-refractivity contribution in [3.05, 3.63) is 100 Å². The third kappa shape index (κ3) is 4.92. The summed E-state index contributed by atoms with van der Waals surface area (Å²) >= 11 is 6.41. The maximum Gasteiger partial charge on any atom is 0.335 e. The number of halogens is 1. The highest BCUT2D eigenvalue weighted by Crippen LogP contribution is 2.35. The fourth-order valence-corrected chi connectivity index (χ4v) is 4.16. The molecule has 2 N–H and O–H groups in total. The SMILES string of the molecule is C.CCOc1ccccc1C1=NCc2cnc(Nc3ccc(C(=O)O)cc3)nc2-c2ccc(Cl)cc21. The Hall–Kier alpha value is -4.23. The maximum absolute atomic E-state index is 11.1. The number of aromatic carboxylic acids is 1. The van der Waals surface area contributed by atoms with Gasteiger partial charge in [-0.05, 0) is 55.5 Å². The van der Waals surface area contributed by atoms with Crippen LogP contribution in [0.15, 0.2) is 77.9 Å². The number of hydrogen-bond donors (Lipinski definition) is 2. The summed E-state index contributed by atoms with van der Waals surface area (Å²) in [5, 5.41) is 12.9. The predicted octanol–water partition coefficient (Wildman–Crippen LogP) is 6.62. The minimum atomic E-state index is -0.977. The largest absolute Gasteiger partial charge is 0.493 e. The van der Waals surface area contributed by atoms with Crippen molar-refractivity contribution in [3.63, 3.8) is 0 Å². The van der Waals surface area contributed by atoms with Gasteiger partial charge in [0.15, 0.2) is 0 Å². The molecule has 8 heteroatoms. The number of benzene rings is 3. The standard InChI is InChI=1S/C27H21ClN4O3.CH4/c1-2-35-23-6-4-3-5-21(23)25-22-13-18(28)9-12-20(22)24-17(14-29-25)15-30-27(32-24)31-19-10-7-16(8-11-19)26(33)34;/h3-13,15H,2,14H2,1H3,(H,33,34)(H,30,31,32);1H4. The van der Waals surface area contributed by atoms with Crippen molar-refractivity contribution in [1.82, 2.24) is 9.97 Å². The smallest absolute Gasteiger partial charge is 0.335 e. The Morgan fingerprint density at radius 2 is 1.83 bits per heavy atom. The average Bonchev–Trinajstić information content (AvgIpc) is 3.01. The van der Waals surface area contributed by atoms with E-state index in [1.54, 1.807) is 18.3 Å². The van der Waals surface area contributed by atoms with Crippen molar-refractivity contribution in [3.8, 4) is 17.0 Å². The van der Waals surface area contributed by atoms with Crippen LogP contribution >= 0.6 is 11.6 Å². The Bertz CT molecular complexity index is 1450. The Morgan fingerprint density at radius 1 is 1.06 bits per heavy atom. The number of nitrogens with zero attached hydrogens (tertiary/aromatic N) is 3. The molecule has 36 heavy (non-hydrogen) atoms. The zero-order chi connectivity index (χ0) is 24.4. The number of rotatable bonds is 6. The lowest BCUT2D eigenvalue weighted by molar-refractivity contribution is 0.0697. The van der Waals surface area contributed by atoms with Gasteiger partial charge in [0.05, 0.1) is 30.1 Å². The van der Waals surface area contributed by atoms with E-state index < -0.39 is 5.97 Å². The van der Waals surface area contributed by atoms with Crippen molar-refractivity contribution >= 4 is 34.9 Å². The molecule has 0 saturated heterocycles. The lowest BCUT2D eigenvalue weighted by atomic mass is 9.95. The number of aliphatic imine (C=N–C) groups is 1. The summed E-state index contributed by atoms with van der Waals surface area (Å²) in [5.41, 5.74) is 5.94. The molecule has 4 aromatic rings. The van der Waals surface area contributed by atoms with Crippen molar-refractivity contribution < 1.29 is 14.6 Å². The summed E-state index contributed by atoms with van der Waals surface area (Å²) in [6.07, 6.45) is 1.76. The highest BCUT2D eigenvalue weighted by atomic mass is 35.5. The molecule has 182 valence electrons. The van der Waals surface area contributed by atoms with Crippen molar-refractivity contribution in [2.45, 2.75) is 20.9 Å². The van der Waals surface area contributed by atoms with Gasteiger partial charge < -0.3 is 15.2 Å². The van der Waals surface area contributed by atoms with Gasteiger partial charge in [-0.3, -0.25) is 4.99 Å². The van der Waals surface area contributed by atoms with Gasteiger partial charge in [-0.1, -0.05) is 37.2 Å². The number of fused-ring (bicyclic) bond motifs is 3. The molecule has 2 heterocycles. The van der Waals surface area contributed by atoms with Crippen LogP contribution in [0.4, 0.5) is 11.6 Å². The van der Waals surface area contributed by atoms with Gasteiger partial charge in [-0.15, -0.1) is 0 Å². The Kier molecular flexibility index (Phi) is 7.31. The molecule has 0 radical (unpaired) electrons. The maximum atomic E-state index is 11.1. The number of nitrogens with one attached hydrogen (secondary N) is 1. The normalized spacial score (nSPS) is 11.8. The van der Waals surface area contributed by atoms with Gasteiger partial charge in [0.25, 0.3) is 0 Å². The molecule has 0 aliphatic carbocycles. The molecule has 3 aromatic carbocycles. The first-order chi connectivity index (χ1) is 17.0. The van der Waals surface area contributed by atoms with E-state index in [1.165, 1.54) is 12.1 Å². The van der Waals surface area contributed by atoms with Crippen molar-refractivity contribution in [2.24, 2.45) is 4.99 Å². The first kappa shape index (κ1) is 24.9. The van der Waals surface area contributed by atoms with E-state index in [9.17, 15) is 4.79 Å². The number of carbonyl (C=O) groups is 1. The number of para-hydroxylation sites is 1. The molecule has 0 amide bonds. The summed E-state index contributed by atoms with van der Waals surface area (Å²) in [6.45, 7) is 2.89. The Balaban J connectivity index is 0.00000304. The van der Waals surface area contributed by atoms with E-state index in [4.69, 9.17) is 31.4 Å². The summed E-state index contributed by atoms with van der Waals surface area (Å²) in [6, 6.07) is 19.9. The molecular formula is C28H25ClN4O3. The van der Waals surface area contributed by atoms with Crippen LogP contribution < -0.4 is 10.1 Å². The molecular weight excluding hydrogens is 476 g/mol. The number of carboxylic acids is 1. The monoisotopic (exact) mass is 500 g/mol. The van der Waals surface area contributed by atoms with Crippen molar-refractivity contribution in [2.75, 3.05) is 11.9 Å². The van der Waals surface area contributed by atoms with Gasteiger partial charge in [-0.2, -0.15) is 0 Å². The summed E-state index contributed by atoms with van der Waals surface area (Å²) < 4.78 is 5.87. The highest BCUT2D eigenvalue weighted by molar-refractivity contribution is 6.31. The van der Waals surface area contributed by atoms with E-state index >= 15 is 0 Å². The third-order valence-corrected chi connectivity index (χ3v) is 5.83. The first-order valence-corrected chi connectivity index (χ1v) is 11.4. The number of anilines is 2. The third-order valence-electron chi connectivity index (χ3n) is 5.59. The van der Waals surface area contributed by atoms with E-state index in [0.717, 1.165) is 39.4 Å². The Labute approximate surface area is 214 Å². The first-order valence-electron chi connectivity index (χ1n) is 11.1. The summed E-state index contributed by atoms with van der Waals surface area (Å²) in [4.78, 5) is 25.3.